The molecule has 0 aromatic rings. The SMILES string of the molecule is C=CC(=O)OC[Si](O)(O)O. The van der Waals surface area contributed by atoms with Crippen molar-refractivity contribution in [3.8, 4) is 0 Å². The molecule has 5 nitrogen and oxygen atoms in total. The highest BCUT2D eigenvalue weighted by molar-refractivity contribution is 6.56. The lowest BCUT2D eigenvalue weighted by Gasteiger charge is -2.07. The number of carbonyl (C=O) groups excluding carboxylic acids is 1. The van der Waals surface area contributed by atoms with Gasteiger partial charge in [0.05, 0.1) is 0 Å². The Hall–Kier alpha value is -0.693. The average molecular weight is 164 g/mol. The molecule has 0 atom stereocenters. The van der Waals surface area contributed by atoms with Gasteiger partial charge in [-0.15, -0.1) is 0 Å². The smallest absolute Gasteiger partial charge is 0.458 e. The van der Waals surface area contributed by atoms with Gasteiger partial charge in [0.25, 0.3) is 0 Å². The van der Waals surface area contributed by atoms with Crippen LogP contribution >= 0.6 is 0 Å². The minimum atomic E-state index is -4.23. The van der Waals surface area contributed by atoms with Crippen LogP contribution in [0.25, 0.3) is 0 Å². The van der Waals surface area contributed by atoms with Crippen molar-refractivity contribution in [2.45, 2.75) is 0 Å². The van der Waals surface area contributed by atoms with E-state index >= 15 is 0 Å². The lowest BCUT2D eigenvalue weighted by molar-refractivity contribution is -0.137. The van der Waals surface area contributed by atoms with Gasteiger partial charge in [0.1, 0.15) is 0 Å². The summed E-state index contributed by atoms with van der Waals surface area (Å²) < 4.78 is 4.11. The van der Waals surface area contributed by atoms with Crippen LogP contribution in [0.5, 0.6) is 0 Å². The third-order valence-corrected chi connectivity index (χ3v) is 1.11. The molecule has 10 heavy (non-hydrogen) atoms. The van der Waals surface area contributed by atoms with Crippen molar-refractivity contribution in [1.82, 2.24) is 0 Å². The highest BCUT2D eigenvalue weighted by atomic mass is 28.4. The fraction of sp³-hybridized carbons (Fsp3) is 0.250. The molecule has 0 aromatic carbocycles. The van der Waals surface area contributed by atoms with Crippen molar-refractivity contribution in [3.63, 3.8) is 0 Å². The molecule has 58 valence electrons. The maximum Gasteiger partial charge on any atom is 0.532 e. The number of carbonyl (C=O) groups is 1. The Labute approximate surface area is 58.6 Å². The van der Waals surface area contributed by atoms with Crippen LogP contribution in [0.15, 0.2) is 12.7 Å². The van der Waals surface area contributed by atoms with E-state index in [1.807, 2.05) is 0 Å². The Bertz CT molecular complexity index is 137. The lowest BCUT2D eigenvalue weighted by Crippen LogP contribution is -2.41. The Kier molecular flexibility index (Phi) is 3.23. The van der Waals surface area contributed by atoms with Crippen LogP contribution in [-0.2, 0) is 9.53 Å². The van der Waals surface area contributed by atoms with Gasteiger partial charge in [0, 0.05) is 6.08 Å². The van der Waals surface area contributed by atoms with Crippen LogP contribution in [0.2, 0.25) is 0 Å². The molecule has 0 rings (SSSR count). The first kappa shape index (κ1) is 9.31. The highest BCUT2D eigenvalue weighted by Crippen LogP contribution is 1.87. The van der Waals surface area contributed by atoms with Gasteiger partial charge in [-0.1, -0.05) is 6.58 Å². The number of hydrogen-bond donors (Lipinski definition) is 3. The van der Waals surface area contributed by atoms with Gasteiger partial charge in [0.2, 0.25) is 0 Å². The van der Waals surface area contributed by atoms with Crippen molar-refractivity contribution < 1.29 is 23.9 Å². The second kappa shape index (κ2) is 3.47. The molecule has 0 bridgehead atoms. The largest absolute Gasteiger partial charge is 0.532 e. The second-order valence-electron chi connectivity index (χ2n) is 1.59. The van der Waals surface area contributed by atoms with Crippen LogP contribution in [0, 0.1) is 0 Å². The molecule has 0 heterocycles. The van der Waals surface area contributed by atoms with Crippen molar-refractivity contribution in [2.24, 2.45) is 0 Å². The van der Waals surface area contributed by atoms with Crippen molar-refractivity contribution in [2.75, 3.05) is 6.23 Å². The number of esters is 1. The average Bonchev–Trinajstić information content (AvgIpc) is 1.81. The number of hydrogen-bond acceptors (Lipinski definition) is 5. The monoisotopic (exact) mass is 164 g/mol. The third kappa shape index (κ3) is 5.44. The van der Waals surface area contributed by atoms with Crippen LogP contribution in [0.3, 0.4) is 0 Å². The van der Waals surface area contributed by atoms with E-state index in [1.165, 1.54) is 0 Å². The highest BCUT2D eigenvalue weighted by Gasteiger charge is 2.28. The summed E-state index contributed by atoms with van der Waals surface area (Å²) >= 11 is 0. The molecule has 0 unspecified atom stereocenters. The van der Waals surface area contributed by atoms with E-state index in [0.29, 0.717) is 0 Å². The van der Waals surface area contributed by atoms with E-state index in [-0.39, 0.29) is 0 Å². The van der Waals surface area contributed by atoms with E-state index < -0.39 is 21.0 Å². The summed E-state index contributed by atoms with van der Waals surface area (Å²) in [7, 11) is -4.23. The molecule has 0 spiro atoms. The quantitative estimate of drug-likeness (QED) is 0.259. The molecule has 0 aliphatic heterocycles. The van der Waals surface area contributed by atoms with Crippen molar-refractivity contribution in [1.29, 1.82) is 0 Å². The summed E-state index contributed by atoms with van der Waals surface area (Å²) in [4.78, 5) is 35.1. The molecular weight excluding hydrogens is 156 g/mol. The number of rotatable bonds is 3. The van der Waals surface area contributed by atoms with E-state index in [1.54, 1.807) is 0 Å². The van der Waals surface area contributed by atoms with E-state index in [4.69, 9.17) is 14.4 Å². The van der Waals surface area contributed by atoms with Crippen LogP contribution in [0.1, 0.15) is 0 Å². The predicted octanol–water partition coefficient (Wildman–Crippen LogP) is -1.83. The maximum atomic E-state index is 10.2. The van der Waals surface area contributed by atoms with Gasteiger partial charge in [-0.3, -0.25) is 0 Å². The zero-order valence-corrected chi connectivity index (χ0v) is 6.15. The van der Waals surface area contributed by atoms with Crippen LogP contribution in [-0.4, -0.2) is 35.4 Å². The van der Waals surface area contributed by atoms with Gasteiger partial charge in [-0.2, -0.15) is 0 Å². The van der Waals surface area contributed by atoms with Crippen LogP contribution in [0.4, 0.5) is 0 Å². The van der Waals surface area contributed by atoms with Gasteiger partial charge >= 0.3 is 14.8 Å². The Morgan fingerprint density at radius 1 is 1.60 bits per heavy atom. The van der Waals surface area contributed by atoms with Crippen LogP contribution < -0.4 is 0 Å². The van der Waals surface area contributed by atoms with Gasteiger partial charge in [0.15, 0.2) is 6.23 Å². The zero-order chi connectivity index (χ0) is 8.20. The predicted molar refractivity (Wildman–Crippen MR) is 33.6 cm³/mol. The summed E-state index contributed by atoms with van der Waals surface area (Å²) in [5.74, 6) is -0.797. The van der Waals surface area contributed by atoms with E-state index in [9.17, 15) is 4.79 Å². The summed E-state index contributed by atoms with van der Waals surface area (Å²) in [5, 5.41) is 0. The topological polar surface area (TPSA) is 87.0 Å². The number of ether oxygens (including phenoxy) is 1. The summed E-state index contributed by atoms with van der Waals surface area (Å²) in [6, 6.07) is 0. The molecule has 0 saturated carbocycles. The standard InChI is InChI=1S/C4H8O5Si/c1-2-4(5)9-3-10(6,7)8/h2,6-8H,1,3H2. The molecule has 0 aromatic heterocycles. The van der Waals surface area contributed by atoms with Crippen molar-refractivity contribution in [3.05, 3.63) is 12.7 Å². The first-order valence-corrected chi connectivity index (χ1v) is 4.47. The van der Waals surface area contributed by atoms with Gasteiger partial charge in [-0.25, -0.2) is 4.79 Å². The minimum absolute atomic E-state index is 0.752. The Balaban J connectivity index is 3.55. The molecule has 0 aliphatic rings. The summed E-state index contributed by atoms with van der Waals surface area (Å²) in [6.45, 7) is 3.06. The second-order valence-corrected chi connectivity index (χ2v) is 3.42. The molecule has 6 heteroatoms. The molecule has 0 saturated heterocycles. The maximum absolute atomic E-state index is 10.2. The fourth-order valence-electron chi connectivity index (χ4n) is 0.227. The molecule has 0 radical (unpaired) electrons. The first-order valence-electron chi connectivity index (χ1n) is 2.42. The normalized spacial score (nSPS) is 10.7. The van der Waals surface area contributed by atoms with Crippen molar-refractivity contribution >= 4 is 14.8 Å². The Morgan fingerprint density at radius 2 is 2.10 bits per heavy atom. The summed E-state index contributed by atoms with van der Waals surface area (Å²) in [6.07, 6.45) is 0.109. The minimum Gasteiger partial charge on any atom is -0.458 e. The first-order chi connectivity index (χ1) is 4.45. The third-order valence-electron chi connectivity index (χ3n) is 0.575. The molecule has 3 N–H and O–H groups in total. The molecule has 0 fully saturated rings. The molecule has 0 aliphatic carbocycles. The molecule has 0 amide bonds. The summed E-state index contributed by atoms with van der Waals surface area (Å²) in [5.41, 5.74) is 0. The van der Waals surface area contributed by atoms with E-state index in [2.05, 4.69) is 11.3 Å². The van der Waals surface area contributed by atoms with E-state index in [0.717, 1.165) is 6.08 Å². The van der Waals surface area contributed by atoms with Gasteiger partial charge in [-0.05, 0) is 0 Å². The zero-order valence-electron chi connectivity index (χ0n) is 5.15. The van der Waals surface area contributed by atoms with Gasteiger partial charge < -0.3 is 19.1 Å². The fourth-order valence-corrected chi connectivity index (χ4v) is 0.563. The Morgan fingerprint density at radius 3 is 2.40 bits per heavy atom. The lowest BCUT2D eigenvalue weighted by atomic mass is 10.7. The molecular formula is C4H8O5Si.